The maximum absolute atomic E-state index is 13.7. The van der Waals surface area contributed by atoms with E-state index in [1.54, 1.807) is 15.6 Å². The molecule has 1 fully saturated rings. The Labute approximate surface area is 174 Å². The first kappa shape index (κ1) is 18.6. The molecule has 0 saturated carbocycles. The molecule has 8 nitrogen and oxygen atoms in total. The molecule has 8 heteroatoms. The van der Waals surface area contributed by atoms with Crippen molar-refractivity contribution < 1.29 is 9.59 Å². The third-order valence-electron chi connectivity index (χ3n) is 6.31. The highest BCUT2D eigenvalue weighted by molar-refractivity contribution is 6.08. The molecule has 1 saturated heterocycles. The van der Waals surface area contributed by atoms with Crippen LogP contribution in [0.15, 0.2) is 42.7 Å². The number of rotatable bonds is 3. The Balaban J connectivity index is 1.67. The second-order valence-corrected chi connectivity index (χ2v) is 8.06. The fraction of sp³-hybridized carbons (Fsp3) is 0.364. The summed E-state index contributed by atoms with van der Waals surface area (Å²) in [7, 11) is 1.84. The van der Waals surface area contributed by atoms with Crippen LogP contribution in [0, 0.1) is 6.92 Å². The van der Waals surface area contributed by atoms with E-state index < -0.39 is 11.5 Å². The van der Waals surface area contributed by atoms with Crippen LogP contribution in [0.3, 0.4) is 0 Å². The second-order valence-electron chi connectivity index (χ2n) is 8.06. The van der Waals surface area contributed by atoms with Gasteiger partial charge in [-0.2, -0.15) is 10.2 Å². The smallest absolute Gasteiger partial charge is 0.272 e. The zero-order chi connectivity index (χ0) is 21.0. The van der Waals surface area contributed by atoms with Crippen LogP contribution in [0.4, 0.5) is 5.69 Å². The largest absolute Gasteiger partial charge is 0.329 e. The molecule has 5 rings (SSSR count). The lowest BCUT2D eigenvalue weighted by Crippen LogP contribution is -2.43. The molecule has 4 heterocycles. The molecule has 1 N–H and O–H groups in total. The minimum atomic E-state index is -0.832. The summed E-state index contributed by atoms with van der Waals surface area (Å²) in [6.07, 6.45) is 4.21. The van der Waals surface area contributed by atoms with Crippen molar-refractivity contribution in [2.45, 2.75) is 38.3 Å². The monoisotopic (exact) mass is 404 g/mol. The van der Waals surface area contributed by atoms with Crippen molar-refractivity contribution in [2.24, 2.45) is 7.05 Å². The SMILES string of the molecule is CCn1nc(C)cc1C(=O)N1CCC2(C(=O)Nc3ccccc32)C1c1cnn(C)c1. The number of carbonyl (C=O) groups excluding carboxylic acids is 2. The number of nitrogens with one attached hydrogen (secondary N) is 1. The maximum Gasteiger partial charge on any atom is 0.272 e. The van der Waals surface area contributed by atoms with Crippen molar-refractivity contribution in [3.63, 3.8) is 0 Å². The van der Waals surface area contributed by atoms with E-state index in [1.165, 1.54) is 0 Å². The molecular formula is C22H24N6O2. The standard InChI is InChI=1S/C22H24N6O2/c1-4-28-18(11-14(2)25-28)20(29)27-10-9-22(19(27)15-12-23-26(3)13-15)16-7-5-6-8-17(16)24-21(22)30/h5-8,11-13,19H,4,9-10H2,1-3H3,(H,24,30). The summed E-state index contributed by atoms with van der Waals surface area (Å²) < 4.78 is 3.44. The Kier molecular flexibility index (Phi) is 4.06. The summed E-state index contributed by atoms with van der Waals surface area (Å²) in [6.45, 7) is 4.94. The van der Waals surface area contributed by atoms with Gasteiger partial charge in [-0.1, -0.05) is 18.2 Å². The summed E-state index contributed by atoms with van der Waals surface area (Å²) in [4.78, 5) is 28.9. The van der Waals surface area contributed by atoms with Crippen LogP contribution < -0.4 is 5.32 Å². The number of para-hydroxylation sites is 1. The Morgan fingerprint density at radius 2 is 2.13 bits per heavy atom. The van der Waals surface area contributed by atoms with Crippen LogP contribution in [-0.2, 0) is 23.8 Å². The van der Waals surface area contributed by atoms with E-state index >= 15 is 0 Å². The normalized spacial score (nSPS) is 22.6. The molecule has 1 spiro atoms. The lowest BCUT2D eigenvalue weighted by Gasteiger charge is -2.33. The van der Waals surface area contributed by atoms with Crippen molar-refractivity contribution in [3.8, 4) is 0 Å². The van der Waals surface area contributed by atoms with Crippen molar-refractivity contribution in [1.82, 2.24) is 24.5 Å². The minimum absolute atomic E-state index is 0.0620. The van der Waals surface area contributed by atoms with Gasteiger partial charge in [0.1, 0.15) is 11.1 Å². The summed E-state index contributed by atoms with van der Waals surface area (Å²) >= 11 is 0. The molecule has 2 aliphatic rings. The van der Waals surface area contributed by atoms with E-state index in [2.05, 4.69) is 15.5 Å². The molecule has 2 atom stereocenters. The summed E-state index contributed by atoms with van der Waals surface area (Å²) in [5.74, 6) is -0.173. The van der Waals surface area contributed by atoms with Gasteiger partial charge in [-0.15, -0.1) is 0 Å². The fourth-order valence-corrected chi connectivity index (χ4v) is 5.06. The molecule has 3 aromatic rings. The van der Waals surface area contributed by atoms with Crippen LogP contribution in [-0.4, -0.2) is 42.8 Å². The van der Waals surface area contributed by atoms with Gasteiger partial charge >= 0.3 is 0 Å². The molecule has 30 heavy (non-hydrogen) atoms. The van der Waals surface area contributed by atoms with Gasteiger partial charge in [-0.05, 0) is 38.0 Å². The number of aromatic nitrogens is 4. The first-order valence-corrected chi connectivity index (χ1v) is 10.2. The van der Waals surface area contributed by atoms with Crippen molar-refractivity contribution in [1.29, 1.82) is 0 Å². The Morgan fingerprint density at radius 3 is 2.87 bits per heavy atom. The zero-order valence-electron chi connectivity index (χ0n) is 17.3. The van der Waals surface area contributed by atoms with Crippen LogP contribution >= 0.6 is 0 Å². The number of hydrogen-bond donors (Lipinski definition) is 1. The third-order valence-corrected chi connectivity index (χ3v) is 6.31. The molecule has 2 aromatic heterocycles. The number of anilines is 1. The Morgan fingerprint density at radius 1 is 1.33 bits per heavy atom. The van der Waals surface area contributed by atoms with Gasteiger partial charge in [0.15, 0.2) is 0 Å². The summed E-state index contributed by atoms with van der Waals surface area (Å²) in [5, 5.41) is 11.8. The highest BCUT2D eigenvalue weighted by atomic mass is 16.2. The lowest BCUT2D eigenvalue weighted by atomic mass is 9.73. The highest BCUT2D eigenvalue weighted by Gasteiger charge is 2.59. The van der Waals surface area contributed by atoms with E-state index in [0.29, 0.717) is 25.2 Å². The number of hydrogen-bond acceptors (Lipinski definition) is 4. The van der Waals surface area contributed by atoms with Gasteiger partial charge in [-0.3, -0.25) is 19.0 Å². The topological polar surface area (TPSA) is 85.1 Å². The number of fused-ring (bicyclic) bond motifs is 2. The fourth-order valence-electron chi connectivity index (χ4n) is 5.06. The molecule has 154 valence electrons. The number of aryl methyl sites for hydroxylation is 3. The van der Waals surface area contributed by atoms with Gasteiger partial charge < -0.3 is 10.2 Å². The van der Waals surface area contributed by atoms with E-state index in [0.717, 1.165) is 22.5 Å². The molecule has 0 bridgehead atoms. The predicted molar refractivity (Wildman–Crippen MR) is 111 cm³/mol. The van der Waals surface area contributed by atoms with Crippen molar-refractivity contribution >= 4 is 17.5 Å². The van der Waals surface area contributed by atoms with E-state index in [9.17, 15) is 9.59 Å². The Bertz CT molecular complexity index is 1160. The van der Waals surface area contributed by atoms with Crippen LogP contribution in [0.25, 0.3) is 0 Å². The molecule has 2 unspecified atom stereocenters. The number of likely N-dealkylation sites (tertiary alicyclic amines) is 1. The number of nitrogens with zero attached hydrogens (tertiary/aromatic N) is 5. The average molecular weight is 404 g/mol. The molecule has 2 amide bonds. The molecular weight excluding hydrogens is 380 g/mol. The van der Waals surface area contributed by atoms with Gasteiger partial charge in [-0.25, -0.2) is 0 Å². The number of benzene rings is 1. The molecule has 2 aliphatic heterocycles. The van der Waals surface area contributed by atoms with Gasteiger partial charge in [0.05, 0.1) is 17.9 Å². The van der Waals surface area contributed by atoms with E-state index in [-0.39, 0.29) is 11.8 Å². The van der Waals surface area contributed by atoms with E-state index in [1.807, 2.05) is 62.3 Å². The maximum atomic E-state index is 13.7. The quantitative estimate of drug-likeness (QED) is 0.727. The molecule has 1 aromatic carbocycles. The number of carbonyl (C=O) groups is 2. The highest BCUT2D eigenvalue weighted by Crippen LogP contribution is 2.54. The average Bonchev–Trinajstić information content (AvgIpc) is 3.48. The number of amides is 2. The van der Waals surface area contributed by atoms with Crippen LogP contribution in [0.1, 0.15) is 46.7 Å². The van der Waals surface area contributed by atoms with E-state index in [4.69, 9.17) is 0 Å². The van der Waals surface area contributed by atoms with Crippen LogP contribution in [0.5, 0.6) is 0 Å². The first-order valence-electron chi connectivity index (χ1n) is 10.2. The van der Waals surface area contributed by atoms with Crippen molar-refractivity contribution in [3.05, 3.63) is 65.2 Å². The van der Waals surface area contributed by atoms with Gasteiger partial charge in [0.25, 0.3) is 5.91 Å². The second kappa shape index (κ2) is 6.55. The summed E-state index contributed by atoms with van der Waals surface area (Å²) in [5.41, 5.74) is 3.14. The minimum Gasteiger partial charge on any atom is -0.329 e. The van der Waals surface area contributed by atoms with Crippen LogP contribution in [0.2, 0.25) is 0 Å². The zero-order valence-corrected chi connectivity index (χ0v) is 17.3. The molecule has 0 radical (unpaired) electrons. The lowest BCUT2D eigenvalue weighted by molar-refractivity contribution is -0.121. The first-order chi connectivity index (χ1) is 14.5. The van der Waals surface area contributed by atoms with Gasteiger partial charge in [0.2, 0.25) is 5.91 Å². The predicted octanol–water partition coefficient (Wildman–Crippen LogP) is 2.42. The third kappa shape index (κ3) is 2.46. The van der Waals surface area contributed by atoms with Crippen molar-refractivity contribution in [2.75, 3.05) is 11.9 Å². The van der Waals surface area contributed by atoms with Gasteiger partial charge in [0, 0.05) is 37.6 Å². The Hall–Kier alpha value is -3.42. The summed E-state index contributed by atoms with van der Waals surface area (Å²) in [6, 6.07) is 9.15. The molecule has 0 aliphatic carbocycles.